The fourth-order valence-electron chi connectivity index (χ4n) is 6.36. The molecule has 0 amide bonds. The summed E-state index contributed by atoms with van der Waals surface area (Å²) in [4.78, 5) is 15.3. The Morgan fingerprint density at radius 1 is 0.646 bits per heavy atom. The average Bonchev–Trinajstić information content (AvgIpc) is 3.13. The highest BCUT2D eigenvalue weighted by molar-refractivity contribution is 6.05. The Labute approximate surface area is 283 Å². The van der Waals surface area contributed by atoms with Crippen LogP contribution >= 0.6 is 0 Å². The molecular formula is C45H39N3. The van der Waals surface area contributed by atoms with Gasteiger partial charge in [0.25, 0.3) is 0 Å². The lowest BCUT2D eigenvalue weighted by atomic mass is 9.96. The minimum absolute atomic E-state index is 0.409. The van der Waals surface area contributed by atoms with Crippen molar-refractivity contribution >= 4 is 33.2 Å². The molecule has 0 spiro atoms. The topological polar surface area (TPSA) is 38.1 Å². The normalized spacial score (nSPS) is 12.3. The lowest BCUT2D eigenvalue weighted by Gasteiger charge is -2.13. The van der Waals surface area contributed by atoms with E-state index in [1.807, 2.05) is 6.07 Å². The number of hydrogen-bond donors (Lipinski definition) is 0. The van der Waals surface area contributed by atoms with Gasteiger partial charge < -0.3 is 0 Å². The Morgan fingerprint density at radius 3 is 2.08 bits per heavy atom. The molecule has 0 fully saturated rings. The molecule has 0 radical (unpaired) electrons. The highest BCUT2D eigenvalue weighted by atomic mass is 14.8. The van der Waals surface area contributed by atoms with Crippen LogP contribution in [-0.4, -0.2) is 15.7 Å². The number of benzene rings is 5. The molecule has 0 saturated carbocycles. The van der Waals surface area contributed by atoms with E-state index in [4.69, 9.17) is 15.0 Å². The van der Waals surface area contributed by atoms with Crippen LogP contribution in [0.25, 0.3) is 49.9 Å². The predicted octanol–water partition coefficient (Wildman–Crippen LogP) is 11.6. The third kappa shape index (κ3) is 6.59. The van der Waals surface area contributed by atoms with Gasteiger partial charge in [-0.15, -0.1) is 0 Å². The largest absolute Gasteiger partial charge is 0.253 e. The van der Waals surface area contributed by atoms with Crippen LogP contribution < -0.4 is 0 Å². The van der Waals surface area contributed by atoms with Gasteiger partial charge >= 0.3 is 0 Å². The first-order valence-electron chi connectivity index (χ1n) is 16.7. The molecule has 0 unspecified atom stereocenters. The molecule has 5 aromatic carbocycles. The zero-order valence-electron chi connectivity index (χ0n) is 28.0. The van der Waals surface area contributed by atoms with Crippen molar-refractivity contribution in [3.63, 3.8) is 0 Å². The van der Waals surface area contributed by atoms with Gasteiger partial charge in [-0.05, 0) is 83.8 Å². The molecule has 0 N–H and O–H groups in total. The second kappa shape index (κ2) is 13.6. The van der Waals surface area contributed by atoms with Crippen molar-refractivity contribution in [2.24, 2.45) is 4.99 Å². The summed E-state index contributed by atoms with van der Waals surface area (Å²) in [6, 6.07) is 49.1. The van der Waals surface area contributed by atoms with Gasteiger partial charge in [-0.2, -0.15) is 0 Å². The zero-order chi connectivity index (χ0) is 33.0. The van der Waals surface area contributed by atoms with E-state index in [9.17, 15) is 0 Å². The maximum Gasteiger partial charge on any atom is 0.0972 e. The molecule has 0 aliphatic heterocycles. The number of hydrogen-bond acceptors (Lipinski definition) is 3. The molecule has 0 aliphatic carbocycles. The van der Waals surface area contributed by atoms with E-state index in [-0.39, 0.29) is 0 Å². The molecule has 2 aromatic heterocycles. The van der Waals surface area contributed by atoms with Crippen LogP contribution in [0.2, 0.25) is 0 Å². The summed E-state index contributed by atoms with van der Waals surface area (Å²) in [5, 5.41) is 2.28. The molecule has 48 heavy (non-hydrogen) atoms. The summed E-state index contributed by atoms with van der Waals surface area (Å²) in [5.41, 5.74) is 14.0. The second-order valence-electron chi connectivity index (χ2n) is 12.7. The number of allylic oxidation sites excluding steroid dienone is 1. The number of rotatable bonds is 8. The fraction of sp³-hybridized carbons (Fsp3) is 0.133. The molecule has 234 valence electrons. The van der Waals surface area contributed by atoms with E-state index in [0.717, 1.165) is 73.5 Å². The van der Waals surface area contributed by atoms with E-state index in [1.54, 1.807) is 0 Å². The first-order valence-corrected chi connectivity index (χ1v) is 16.7. The maximum absolute atomic E-state index is 5.21. The van der Waals surface area contributed by atoms with Crippen molar-refractivity contribution in [3.8, 4) is 22.4 Å². The van der Waals surface area contributed by atoms with Crippen LogP contribution in [0.5, 0.6) is 0 Å². The highest BCUT2D eigenvalue weighted by Crippen LogP contribution is 2.32. The quantitative estimate of drug-likeness (QED) is 0.125. The molecule has 0 bridgehead atoms. The number of fused-ring (bicyclic) bond motifs is 3. The van der Waals surface area contributed by atoms with Crippen LogP contribution in [-0.2, 0) is 6.42 Å². The Balaban J connectivity index is 1.23. The second-order valence-corrected chi connectivity index (χ2v) is 12.7. The van der Waals surface area contributed by atoms with Crippen molar-refractivity contribution in [1.82, 2.24) is 9.97 Å². The van der Waals surface area contributed by atoms with Crippen molar-refractivity contribution < 1.29 is 0 Å². The monoisotopic (exact) mass is 621 g/mol. The van der Waals surface area contributed by atoms with Gasteiger partial charge in [0, 0.05) is 27.7 Å². The van der Waals surface area contributed by atoms with Gasteiger partial charge in [-0.25, -0.2) is 4.98 Å². The lowest BCUT2D eigenvalue weighted by molar-refractivity contribution is 0.871. The molecular weight excluding hydrogens is 583 g/mol. The average molecular weight is 622 g/mol. The van der Waals surface area contributed by atoms with Gasteiger partial charge in [0.15, 0.2) is 0 Å². The molecule has 2 heterocycles. The van der Waals surface area contributed by atoms with Crippen molar-refractivity contribution in [3.05, 3.63) is 174 Å². The van der Waals surface area contributed by atoms with Crippen molar-refractivity contribution in [1.29, 1.82) is 0 Å². The smallest absolute Gasteiger partial charge is 0.0972 e. The van der Waals surface area contributed by atoms with Crippen LogP contribution in [0.4, 0.5) is 0 Å². The maximum atomic E-state index is 5.21. The van der Waals surface area contributed by atoms with Crippen LogP contribution in [0.3, 0.4) is 0 Å². The van der Waals surface area contributed by atoms with Gasteiger partial charge in [0.1, 0.15) is 0 Å². The molecule has 0 atom stereocenters. The Hall–Kier alpha value is -5.67. The SMILES string of the molecule is C/C(=N\C(=C/Cc1ccccc1)c1ccccc1)c1cccc(-c2cccc(-c3ccc4ccc5c(C(C)C)cc(C)nc5c4n3)c2)c1. The first-order chi connectivity index (χ1) is 23.4. The van der Waals surface area contributed by atoms with E-state index in [1.165, 1.54) is 16.5 Å². The number of nitrogens with zero attached hydrogens (tertiary/aromatic N) is 3. The third-order valence-corrected chi connectivity index (χ3v) is 8.92. The molecule has 0 saturated heterocycles. The van der Waals surface area contributed by atoms with Crippen LogP contribution in [0.15, 0.2) is 151 Å². The molecule has 3 nitrogen and oxygen atoms in total. The van der Waals surface area contributed by atoms with Gasteiger partial charge in [-0.1, -0.05) is 135 Å². The van der Waals surface area contributed by atoms with Crippen molar-refractivity contribution in [2.75, 3.05) is 0 Å². The zero-order valence-corrected chi connectivity index (χ0v) is 28.0. The van der Waals surface area contributed by atoms with Gasteiger partial charge in [0.2, 0.25) is 0 Å². The van der Waals surface area contributed by atoms with Crippen LogP contribution in [0, 0.1) is 6.92 Å². The Morgan fingerprint density at radius 2 is 1.31 bits per heavy atom. The Bertz CT molecular complexity index is 2300. The van der Waals surface area contributed by atoms with Crippen molar-refractivity contribution in [2.45, 2.75) is 40.0 Å². The van der Waals surface area contributed by atoms with Crippen LogP contribution in [0.1, 0.15) is 54.6 Å². The number of aliphatic imine (C=N–C) groups is 1. The third-order valence-electron chi connectivity index (χ3n) is 8.92. The summed E-state index contributed by atoms with van der Waals surface area (Å²) in [6.45, 7) is 8.64. The summed E-state index contributed by atoms with van der Waals surface area (Å²) >= 11 is 0. The molecule has 0 aliphatic rings. The Kier molecular flexibility index (Phi) is 8.76. The minimum Gasteiger partial charge on any atom is -0.253 e. The molecule has 7 aromatic rings. The van der Waals surface area contributed by atoms with Gasteiger partial charge in [0.05, 0.1) is 22.4 Å². The summed E-state index contributed by atoms with van der Waals surface area (Å²) in [5.74, 6) is 0.409. The molecule has 3 heteroatoms. The number of aryl methyl sites for hydroxylation is 1. The van der Waals surface area contributed by atoms with E-state index >= 15 is 0 Å². The van der Waals surface area contributed by atoms with Gasteiger partial charge in [-0.3, -0.25) is 9.98 Å². The number of aromatic nitrogens is 2. The first kappa shape index (κ1) is 31.0. The summed E-state index contributed by atoms with van der Waals surface area (Å²) in [7, 11) is 0. The summed E-state index contributed by atoms with van der Waals surface area (Å²) in [6.07, 6.45) is 3.05. The summed E-state index contributed by atoms with van der Waals surface area (Å²) < 4.78 is 0. The van der Waals surface area contributed by atoms with E-state index in [2.05, 4.69) is 167 Å². The standard InChI is InChI=1S/C45H39N3/c1-30(2)41-27-31(3)46-45-40(41)24-22-35-23-26-43(48-44(35)45)39-20-12-19-38(29-39)37-18-11-17-36(28-37)32(4)47-42(34-15-9-6-10-16-34)25-21-33-13-7-5-8-14-33/h5-20,22-30H,21H2,1-4H3/b42-25-,47-32+. The molecule has 7 rings (SSSR count). The fourth-order valence-corrected chi connectivity index (χ4v) is 6.36. The van der Waals surface area contributed by atoms with E-state index in [0.29, 0.717) is 5.92 Å². The predicted molar refractivity (Wildman–Crippen MR) is 204 cm³/mol. The minimum atomic E-state index is 0.409. The van der Waals surface area contributed by atoms with E-state index < -0.39 is 0 Å². The highest BCUT2D eigenvalue weighted by Gasteiger charge is 2.13. The number of pyridine rings is 2. The lowest BCUT2D eigenvalue weighted by Crippen LogP contribution is -1.97.